The van der Waals surface area contributed by atoms with Crippen LogP contribution >= 0.6 is 11.6 Å². The average molecular weight is 432 g/mol. The topological polar surface area (TPSA) is 58.8 Å². The molecule has 6 nitrogen and oxygen atoms in total. The van der Waals surface area contributed by atoms with Gasteiger partial charge >= 0.3 is 6.18 Å². The fourth-order valence-electron chi connectivity index (χ4n) is 3.07. The quantitative estimate of drug-likeness (QED) is 0.625. The van der Waals surface area contributed by atoms with Crippen LogP contribution in [0.1, 0.15) is 16.9 Å². The van der Waals surface area contributed by atoms with Crippen LogP contribution in [0.4, 0.5) is 13.2 Å². The van der Waals surface area contributed by atoms with Crippen molar-refractivity contribution in [2.45, 2.75) is 12.6 Å². The van der Waals surface area contributed by atoms with Gasteiger partial charge in [0.1, 0.15) is 6.61 Å². The first-order valence-corrected chi connectivity index (χ1v) is 9.58. The minimum atomic E-state index is -4.29. The number of nitrogens with zero attached hydrogens (tertiary/aromatic N) is 3. The molecule has 158 valence electrons. The predicted octanol–water partition coefficient (Wildman–Crippen LogP) is 3.72. The fourth-order valence-corrected chi connectivity index (χ4v) is 3.26. The van der Waals surface area contributed by atoms with Gasteiger partial charge in [0, 0.05) is 56.0 Å². The molecule has 29 heavy (non-hydrogen) atoms. The summed E-state index contributed by atoms with van der Waals surface area (Å²) in [5.41, 5.74) is 0.968. The van der Waals surface area contributed by atoms with Gasteiger partial charge in [-0.3, -0.25) is 9.69 Å². The first kappa shape index (κ1) is 21.6. The lowest BCUT2D eigenvalue weighted by Gasteiger charge is -2.34. The number of carbonyl (C=O) groups is 1. The first-order valence-electron chi connectivity index (χ1n) is 9.20. The normalized spacial score (nSPS) is 15.7. The van der Waals surface area contributed by atoms with Gasteiger partial charge < -0.3 is 14.2 Å². The van der Waals surface area contributed by atoms with Crippen LogP contribution in [0.2, 0.25) is 5.02 Å². The van der Waals surface area contributed by atoms with E-state index in [0.29, 0.717) is 49.9 Å². The zero-order valence-electron chi connectivity index (χ0n) is 15.6. The summed E-state index contributed by atoms with van der Waals surface area (Å²) in [7, 11) is 0. The van der Waals surface area contributed by atoms with Crippen molar-refractivity contribution in [1.29, 1.82) is 0 Å². The Balaban J connectivity index is 1.43. The van der Waals surface area contributed by atoms with Gasteiger partial charge in [0.15, 0.2) is 11.5 Å². The highest BCUT2D eigenvalue weighted by molar-refractivity contribution is 6.30. The van der Waals surface area contributed by atoms with Crippen molar-refractivity contribution in [3.8, 4) is 11.3 Å². The van der Waals surface area contributed by atoms with Gasteiger partial charge in [0.05, 0.1) is 0 Å². The van der Waals surface area contributed by atoms with Crippen LogP contribution in [-0.4, -0.2) is 73.0 Å². The summed E-state index contributed by atoms with van der Waals surface area (Å²) < 4.78 is 46.0. The molecule has 1 aromatic heterocycles. The van der Waals surface area contributed by atoms with Crippen molar-refractivity contribution in [2.75, 3.05) is 45.9 Å². The molecule has 10 heteroatoms. The second kappa shape index (κ2) is 9.60. The molecule has 2 aromatic rings. The van der Waals surface area contributed by atoms with E-state index in [1.807, 2.05) is 6.07 Å². The van der Waals surface area contributed by atoms with E-state index >= 15 is 0 Å². The largest absolute Gasteiger partial charge is 0.411 e. The molecular formula is C19H21ClF3N3O3. The third-order valence-electron chi connectivity index (χ3n) is 4.53. The molecular weight excluding hydrogens is 411 g/mol. The highest BCUT2D eigenvalue weighted by Gasteiger charge is 2.27. The molecule has 0 atom stereocenters. The minimum absolute atomic E-state index is 0.0594. The number of aromatic nitrogens is 1. The van der Waals surface area contributed by atoms with Crippen LogP contribution in [-0.2, 0) is 4.74 Å². The molecule has 1 aliphatic heterocycles. The number of alkyl halides is 3. The number of benzene rings is 1. The molecule has 0 bridgehead atoms. The number of rotatable bonds is 7. The minimum Gasteiger partial charge on any atom is -0.372 e. The molecule has 0 N–H and O–H groups in total. The summed E-state index contributed by atoms with van der Waals surface area (Å²) >= 11 is 5.97. The maximum Gasteiger partial charge on any atom is 0.411 e. The maximum absolute atomic E-state index is 12.6. The van der Waals surface area contributed by atoms with E-state index in [1.165, 1.54) is 0 Å². The third kappa shape index (κ3) is 6.45. The molecule has 1 aliphatic rings. The van der Waals surface area contributed by atoms with E-state index in [2.05, 4.69) is 14.8 Å². The van der Waals surface area contributed by atoms with Gasteiger partial charge in [-0.15, -0.1) is 0 Å². The molecule has 2 heterocycles. The second-order valence-electron chi connectivity index (χ2n) is 6.74. The predicted molar refractivity (Wildman–Crippen MR) is 101 cm³/mol. The number of halogens is 4. The van der Waals surface area contributed by atoms with Crippen molar-refractivity contribution >= 4 is 17.5 Å². The second-order valence-corrected chi connectivity index (χ2v) is 7.18. The Bertz CT molecular complexity index is 820. The lowest BCUT2D eigenvalue weighted by molar-refractivity contribution is -0.174. The fraction of sp³-hybridized carbons (Fsp3) is 0.474. The van der Waals surface area contributed by atoms with Crippen molar-refractivity contribution in [2.24, 2.45) is 0 Å². The molecule has 0 spiro atoms. The van der Waals surface area contributed by atoms with E-state index < -0.39 is 12.8 Å². The van der Waals surface area contributed by atoms with Crippen LogP contribution in [0, 0.1) is 0 Å². The average Bonchev–Trinajstić information content (AvgIpc) is 3.17. The number of carbonyl (C=O) groups excluding carboxylic acids is 1. The zero-order valence-corrected chi connectivity index (χ0v) is 16.4. The van der Waals surface area contributed by atoms with E-state index in [4.69, 9.17) is 16.1 Å². The lowest BCUT2D eigenvalue weighted by Crippen LogP contribution is -2.49. The van der Waals surface area contributed by atoms with Crippen molar-refractivity contribution < 1.29 is 27.2 Å². The molecule has 0 saturated carbocycles. The number of hydrogen-bond donors (Lipinski definition) is 0. The van der Waals surface area contributed by atoms with Gasteiger partial charge in [-0.05, 0) is 18.6 Å². The summed E-state index contributed by atoms with van der Waals surface area (Å²) in [5, 5.41) is 4.44. The van der Waals surface area contributed by atoms with E-state index in [0.717, 1.165) is 5.56 Å². The molecule has 3 rings (SSSR count). The molecule has 0 radical (unpaired) electrons. The summed E-state index contributed by atoms with van der Waals surface area (Å²) in [6, 6.07) is 8.67. The number of ether oxygens (including phenoxy) is 1. The SMILES string of the molecule is O=C(c1cc(-c2cccc(Cl)c2)on1)N1CCN(CCCOCC(F)(F)F)CC1. The number of amides is 1. The van der Waals surface area contributed by atoms with Crippen LogP contribution in [0.15, 0.2) is 34.9 Å². The smallest absolute Gasteiger partial charge is 0.372 e. The Morgan fingerprint density at radius 3 is 2.66 bits per heavy atom. The van der Waals surface area contributed by atoms with Gasteiger partial charge in [-0.25, -0.2) is 0 Å². The summed E-state index contributed by atoms with van der Waals surface area (Å²) in [4.78, 5) is 16.4. The maximum atomic E-state index is 12.6. The highest BCUT2D eigenvalue weighted by atomic mass is 35.5. The lowest BCUT2D eigenvalue weighted by atomic mass is 10.1. The summed E-state index contributed by atoms with van der Waals surface area (Å²) in [6.45, 7) is 1.79. The molecule has 1 amide bonds. The van der Waals surface area contributed by atoms with Crippen LogP contribution in [0.3, 0.4) is 0 Å². The Labute approximate surface area is 171 Å². The Morgan fingerprint density at radius 2 is 1.97 bits per heavy atom. The van der Waals surface area contributed by atoms with Crippen LogP contribution in [0.5, 0.6) is 0 Å². The Morgan fingerprint density at radius 1 is 1.21 bits per heavy atom. The summed E-state index contributed by atoms with van der Waals surface area (Å²) in [5.74, 6) is 0.253. The van der Waals surface area contributed by atoms with Crippen LogP contribution in [0.25, 0.3) is 11.3 Å². The molecule has 0 unspecified atom stereocenters. The number of piperazine rings is 1. The Hall–Kier alpha value is -2.10. The van der Waals surface area contributed by atoms with Gasteiger partial charge in [0.25, 0.3) is 5.91 Å². The standard InChI is InChI=1S/C19H21ClF3N3O3/c20-15-4-1-3-14(11-15)17-12-16(24-29-17)18(27)26-8-6-25(7-9-26)5-2-10-28-13-19(21,22)23/h1,3-4,11-12H,2,5-10,13H2. The van der Waals surface area contributed by atoms with Crippen molar-refractivity contribution in [1.82, 2.24) is 15.0 Å². The van der Waals surface area contributed by atoms with E-state index in [1.54, 1.807) is 29.2 Å². The van der Waals surface area contributed by atoms with E-state index in [9.17, 15) is 18.0 Å². The van der Waals surface area contributed by atoms with Gasteiger partial charge in [-0.2, -0.15) is 13.2 Å². The molecule has 1 aromatic carbocycles. The van der Waals surface area contributed by atoms with Gasteiger partial charge in [-0.1, -0.05) is 28.9 Å². The number of hydrogen-bond acceptors (Lipinski definition) is 5. The van der Waals surface area contributed by atoms with Crippen molar-refractivity contribution in [3.63, 3.8) is 0 Å². The third-order valence-corrected chi connectivity index (χ3v) is 4.76. The molecule has 1 saturated heterocycles. The monoisotopic (exact) mass is 431 g/mol. The van der Waals surface area contributed by atoms with Gasteiger partial charge in [0.2, 0.25) is 0 Å². The molecule has 0 aliphatic carbocycles. The highest BCUT2D eigenvalue weighted by Crippen LogP contribution is 2.24. The van der Waals surface area contributed by atoms with Crippen molar-refractivity contribution in [3.05, 3.63) is 41.0 Å². The Kier molecular flexibility index (Phi) is 7.15. The van der Waals surface area contributed by atoms with Crippen LogP contribution < -0.4 is 0 Å². The van der Waals surface area contributed by atoms with E-state index in [-0.39, 0.29) is 18.2 Å². The zero-order chi connectivity index (χ0) is 20.9. The first-order chi connectivity index (χ1) is 13.8. The molecule has 1 fully saturated rings. The summed E-state index contributed by atoms with van der Waals surface area (Å²) in [6.07, 6.45) is -3.78.